The van der Waals surface area contributed by atoms with Gasteiger partial charge in [0, 0.05) is 12.8 Å². The number of nitrogens with one attached hydrogen (secondary N) is 1. The molecule has 4 nitrogen and oxygen atoms in total. The first-order valence-electron chi connectivity index (χ1n) is 5.75. The van der Waals surface area contributed by atoms with Crippen LogP contribution >= 0.6 is 0 Å². The maximum atomic E-state index is 13.1. The number of carbonyl (C=O) groups is 1. The van der Waals surface area contributed by atoms with E-state index in [-0.39, 0.29) is 0 Å². The molecule has 2 aliphatic rings. The third kappa shape index (κ3) is 1.83. The van der Waals surface area contributed by atoms with Crippen LogP contribution in [0, 0.1) is 5.41 Å². The van der Waals surface area contributed by atoms with Crippen molar-refractivity contribution in [1.29, 1.82) is 0 Å². The number of alkyl halides is 2. The maximum absolute atomic E-state index is 13.1. The van der Waals surface area contributed by atoms with Crippen molar-refractivity contribution in [1.82, 2.24) is 5.32 Å². The number of aliphatic hydroxyl groups is 1. The lowest BCUT2D eigenvalue weighted by Gasteiger charge is -2.55. The molecule has 0 bridgehead atoms. The normalized spacial score (nSPS) is 29.2. The summed E-state index contributed by atoms with van der Waals surface area (Å²) in [5.41, 5.74) is -2.79. The van der Waals surface area contributed by atoms with E-state index in [2.05, 4.69) is 10.1 Å². The second kappa shape index (κ2) is 3.88. The van der Waals surface area contributed by atoms with Crippen LogP contribution in [0.25, 0.3) is 0 Å². The van der Waals surface area contributed by atoms with Crippen molar-refractivity contribution in [3.8, 4) is 0 Å². The minimum absolute atomic E-state index is 0.304. The molecule has 17 heavy (non-hydrogen) atoms. The van der Waals surface area contributed by atoms with Crippen LogP contribution in [-0.2, 0) is 9.53 Å². The van der Waals surface area contributed by atoms with Crippen LogP contribution < -0.4 is 5.32 Å². The predicted molar refractivity (Wildman–Crippen MR) is 55.7 cm³/mol. The van der Waals surface area contributed by atoms with Crippen LogP contribution in [0.15, 0.2) is 0 Å². The third-order valence-electron chi connectivity index (χ3n) is 4.02. The van der Waals surface area contributed by atoms with Gasteiger partial charge in [-0.3, -0.25) is 4.79 Å². The Balaban J connectivity index is 2.25. The number of carbonyl (C=O) groups excluding carboxylic acids is 1. The number of methoxy groups -OCH3 is 1. The van der Waals surface area contributed by atoms with Crippen LogP contribution in [0.4, 0.5) is 8.78 Å². The van der Waals surface area contributed by atoms with Crippen molar-refractivity contribution in [2.45, 2.75) is 37.2 Å². The monoisotopic (exact) mass is 249 g/mol. The maximum Gasteiger partial charge on any atom is 0.315 e. The summed E-state index contributed by atoms with van der Waals surface area (Å²) < 4.78 is 30.9. The average Bonchev–Trinajstić information content (AvgIpc) is 2.25. The third-order valence-corrected chi connectivity index (χ3v) is 4.02. The molecule has 0 aromatic carbocycles. The second-order valence-electron chi connectivity index (χ2n) is 5.06. The molecule has 2 fully saturated rings. The minimum atomic E-state index is -2.87. The smallest absolute Gasteiger partial charge is 0.315 e. The summed E-state index contributed by atoms with van der Waals surface area (Å²) in [5, 5.41) is 13.5. The zero-order valence-corrected chi connectivity index (χ0v) is 9.76. The van der Waals surface area contributed by atoms with Gasteiger partial charge in [0.1, 0.15) is 5.41 Å². The predicted octanol–water partition coefficient (Wildman–Crippen LogP) is 0.689. The minimum Gasteiger partial charge on any atom is -0.469 e. The van der Waals surface area contributed by atoms with E-state index in [0.717, 1.165) is 0 Å². The average molecular weight is 249 g/mol. The highest BCUT2D eigenvalue weighted by molar-refractivity contribution is 5.80. The number of esters is 1. The molecular formula is C11H17F2NO3. The van der Waals surface area contributed by atoms with Gasteiger partial charge in [-0.05, 0) is 25.9 Å². The number of ether oxygens (including phenoxy) is 1. The van der Waals surface area contributed by atoms with E-state index in [0.29, 0.717) is 25.9 Å². The van der Waals surface area contributed by atoms with Gasteiger partial charge < -0.3 is 15.2 Å². The Kier molecular flexibility index (Phi) is 2.90. The van der Waals surface area contributed by atoms with Gasteiger partial charge in [-0.2, -0.15) is 0 Å². The second-order valence-corrected chi connectivity index (χ2v) is 5.06. The van der Waals surface area contributed by atoms with Crippen molar-refractivity contribution in [3.05, 3.63) is 0 Å². The van der Waals surface area contributed by atoms with Crippen LogP contribution in [0.3, 0.4) is 0 Å². The van der Waals surface area contributed by atoms with Gasteiger partial charge >= 0.3 is 5.97 Å². The zero-order valence-electron chi connectivity index (χ0n) is 9.76. The number of rotatable bonds is 2. The standard InChI is InChI=1S/C11H17F2NO3/c1-17-8(15)9(6-11(12,13)7-9)10(16)2-4-14-5-3-10/h14,16H,2-7H2,1H3. The van der Waals surface area contributed by atoms with Crippen molar-refractivity contribution in [2.75, 3.05) is 20.2 Å². The quantitative estimate of drug-likeness (QED) is 0.707. The van der Waals surface area contributed by atoms with E-state index in [1.165, 1.54) is 7.11 Å². The van der Waals surface area contributed by atoms with Gasteiger partial charge in [0.15, 0.2) is 0 Å². The van der Waals surface area contributed by atoms with Gasteiger partial charge in [-0.1, -0.05) is 0 Å². The molecule has 1 aliphatic carbocycles. The molecule has 98 valence electrons. The lowest BCUT2D eigenvalue weighted by Crippen LogP contribution is -2.66. The summed E-state index contributed by atoms with van der Waals surface area (Å²) in [4.78, 5) is 11.8. The fourth-order valence-corrected chi connectivity index (χ4v) is 3.01. The van der Waals surface area contributed by atoms with Gasteiger partial charge in [0.2, 0.25) is 0 Å². The Morgan fingerprint density at radius 1 is 1.29 bits per heavy atom. The topological polar surface area (TPSA) is 58.6 Å². The van der Waals surface area contributed by atoms with Gasteiger partial charge in [0.05, 0.1) is 12.7 Å². The molecule has 0 spiro atoms. The highest BCUT2D eigenvalue weighted by Crippen LogP contribution is 2.60. The van der Waals surface area contributed by atoms with Crippen LogP contribution in [0.1, 0.15) is 25.7 Å². The molecule has 2 rings (SSSR count). The van der Waals surface area contributed by atoms with Crippen LogP contribution in [-0.4, -0.2) is 42.8 Å². The number of halogens is 2. The first-order valence-corrected chi connectivity index (χ1v) is 5.75. The van der Waals surface area contributed by atoms with Crippen molar-refractivity contribution in [3.63, 3.8) is 0 Å². The Hall–Kier alpha value is -0.750. The zero-order chi connectivity index (χ0) is 12.7. The molecule has 0 aromatic rings. The van der Waals surface area contributed by atoms with Crippen LogP contribution in [0.2, 0.25) is 0 Å². The molecule has 1 saturated heterocycles. The van der Waals surface area contributed by atoms with Crippen molar-refractivity contribution >= 4 is 5.97 Å². The van der Waals surface area contributed by atoms with E-state index < -0.39 is 35.7 Å². The van der Waals surface area contributed by atoms with E-state index >= 15 is 0 Å². The Bertz CT molecular complexity index is 319. The number of piperidine rings is 1. The molecule has 0 radical (unpaired) electrons. The molecule has 1 aliphatic heterocycles. The fourth-order valence-electron chi connectivity index (χ4n) is 3.01. The molecule has 2 N–H and O–H groups in total. The SMILES string of the molecule is COC(=O)C1(C2(O)CCNCC2)CC(F)(F)C1. The molecule has 6 heteroatoms. The summed E-state index contributed by atoms with van der Waals surface area (Å²) in [6.45, 7) is 1.06. The van der Waals surface area contributed by atoms with Gasteiger partial charge in [-0.25, -0.2) is 8.78 Å². The summed E-state index contributed by atoms with van der Waals surface area (Å²) in [5.74, 6) is -3.58. The molecule has 0 aromatic heterocycles. The summed E-state index contributed by atoms with van der Waals surface area (Å²) >= 11 is 0. The Morgan fingerprint density at radius 2 is 1.82 bits per heavy atom. The fraction of sp³-hybridized carbons (Fsp3) is 0.909. The number of hydrogen-bond donors (Lipinski definition) is 2. The Morgan fingerprint density at radius 3 is 2.24 bits per heavy atom. The first-order chi connectivity index (χ1) is 7.85. The molecule has 1 heterocycles. The van der Waals surface area contributed by atoms with Crippen LogP contribution in [0.5, 0.6) is 0 Å². The molecule has 0 atom stereocenters. The van der Waals surface area contributed by atoms with Gasteiger partial charge in [0.25, 0.3) is 5.92 Å². The van der Waals surface area contributed by atoms with E-state index in [4.69, 9.17) is 0 Å². The summed E-state index contributed by atoms with van der Waals surface area (Å²) in [6.07, 6.45) is -0.608. The largest absolute Gasteiger partial charge is 0.469 e. The molecule has 0 unspecified atom stereocenters. The highest BCUT2D eigenvalue weighted by atomic mass is 19.3. The molecular weight excluding hydrogens is 232 g/mol. The van der Waals surface area contributed by atoms with Crippen molar-refractivity contribution < 1.29 is 23.4 Å². The lowest BCUT2D eigenvalue weighted by molar-refractivity contribution is -0.250. The lowest BCUT2D eigenvalue weighted by atomic mass is 9.54. The van der Waals surface area contributed by atoms with Crippen molar-refractivity contribution in [2.24, 2.45) is 5.41 Å². The van der Waals surface area contributed by atoms with Gasteiger partial charge in [-0.15, -0.1) is 0 Å². The first kappa shape index (κ1) is 12.7. The number of hydrogen-bond acceptors (Lipinski definition) is 4. The summed E-state index contributed by atoms with van der Waals surface area (Å²) in [6, 6.07) is 0. The Labute approximate surface area is 98.3 Å². The van der Waals surface area contributed by atoms with E-state index in [9.17, 15) is 18.7 Å². The molecule has 1 saturated carbocycles. The van der Waals surface area contributed by atoms with E-state index in [1.54, 1.807) is 0 Å². The highest BCUT2D eigenvalue weighted by Gasteiger charge is 2.70. The molecule has 0 amide bonds. The van der Waals surface area contributed by atoms with E-state index in [1.807, 2.05) is 0 Å². The summed E-state index contributed by atoms with van der Waals surface area (Å²) in [7, 11) is 1.17.